The number of nitrogens with zero attached hydrogens (tertiary/aromatic N) is 1. The van der Waals surface area contributed by atoms with E-state index in [2.05, 4.69) is 21.6 Å². The van der Waals surface area contributed by atoms with E-state index in [0.717, 1.165) is 49.5 Å². The van der Waals surface area contributed by atoms with E-state index in [1.807, 2.05) is 43.3 Å². The van der Waals surface area contributed by atoms with Gasteiger partial charge in [-0.3, -0.25) is 9.69 Å². The molecule has 0 unspecified atom stereocenters. The summed E-state index contributed by atoms with van der Waals surface area (Å²) in [6, 6.07) is 14.9. The fraction of sp³-hybridized carbons (Fsp3) is 0.480. The van der Waals surface area contributed by atoms with Crippen molar-refractivity contribution < 1.29 is 4.79 Å². The quantitative estimate of drug-likeness (QED) is 0.763. The predicted octanol–water partition coefficient (Wildman–Crippen LogP) is 4.50. The first-order valence-corrected chi connectivity index (χ1v) is 11.6. The Hall–Kier alpha value is -1.88. The molecule has 30 heavy (non-hydrogen) atoms. The second kappa shape index (κ2) is 8.33. The maximum Gasteiger partial charge on any atom is 0.253 e. The summed E-state index contributed by atoms with van der Waals surface area (Å²) in [6.45, 7) is 5.33. The number of carbonyl (C=O) groups excluding carboxylic acids is 1. The first-order chi connectivity index (χ1) is 14.6. The van der Waals surface area contributed by atoms with Gasteiger partial charge in [0.1, 0.15) is 0 Å². The molecule has 3 aliphatic heterocycles. The molecule has 0 aliphatic carbocycles. The number of amides is 1. The van der Waals surface area contributed by atoms with Gasteiger partial charge in [-0.2, -0.15) is 0 Å². The smallest absolute Gasteiger partial charge is 0.253 e. The third-order valence-corrected chi connectivity index (χ3v) is 7.59. The average molecular weight is 424 g/mol. The average Bonchev–Trinajstić information content (AvgIpc) is 2.78. The van der Waals surface area contributed by atoms with E-state index >= 15 is 0 Å². The highest BCUT2D eigenvalue weighted by Gasteiger charge is 2.41. The highest BCUT2D eigenvalue weighted by atomic mass is 35.5. The summed E-state index contributed by atoms with van der Waals surface area (Å²) in [7, 11) is 0. The molecular weight excluding hydrogens is 394 g/mol. The van der Waals surface area contributed by atoms with Crippen LogP contribution in [0.3, 0.4) is 0 Å². The van der Waals surface area contributed by atoms with Crippen molar-refractivity contribution in [3.8, 4) is 0 Å². The minimum Gasteiger partial charge on any atom is -0.345 e. The van der Waals surface area contributed by atoms with E-state index < -0.39 is 0 Å². The number of rotatable bonds is 3. The lowest BCUT2D eigenvalue weighted by atomic mass is 9.76. The lowest BCUT2D eigenvalue weighted by Gasteiger charge is -2.49. The van der Waals surface area contributed by atoms with Crippen molar-refractivity contribution in [3.05, 3.63) is 69.7 Å². The number of piperidine rings is 2. The van der Waals surface area contributed by atoms with Crippen LogP contribution < -0.4 is 10.6 Å². The van der Waals surface area contributed by atoms with Crippen LogP contribution in [0.1, 0.15) is 65.3 Å². The molecule has 4 atom stereocenters. The first kappa shape index (κ1) is 20.0. The molecule has 2 aromatic carbocycles. The molecule has 2 fully saturated rings. The van der Waals surface area contributed by atoms with Crippen molar-refractivity contribution in [2.75, 3.05) is 19.6 Å². The van der Waals surface area contributed by atoms with Crippen LogP contribution in [0.15, 0.2) is 42.5 Å². The molecule has 0 bridgehead atoms. The van der Waals surface area contributed by atoms with Crippen molar-refractivity contribution in [1.82, 2.24) is 15.5 Å². The molecule has 1 amide bonds. The summed E-state index contributed by atoms with van der Waals surface area (Å²) in [5, 5.41) is 7.50. The number of hydrogen-bond donors (Lipinski definition) is 2. The van der Waals surface area contributed by atoms with Crippen LogP contribution in [0.5, 0.6) is 0 Å². The van der Waals surface area contributed by atoms with Crippen LogP contribution in [-0.4, -0.2) is 36.5 Å². The highest BCUT2D eigenvalue weighted by molar-refractivity contribution is 6.34. The Labute approximate surface area is 184 Å². The lowest BCUT2D eigenvalue weighted by Crippen LogP contribution is -2.55. The summed E-state index contributed by atoms with van der Waals surface area (Å²) in [6.07, 6.45) is 4.63. The number of nitrogens with one attached hydrogen (secondary N) is 2. The van der Waals surface area contributed by atoms with Crippen molar-refractivity contribution in [3.63, 3.8) is 0 Å². The molecule has 158 valence electrons. The Kier molecular flexibility index (Phi) is 5.57. The van der Waals surface area contributed by atoms with Gasteiger partial charge in [-0.15, -0.1) is 0 Å². The van der Waals surface area contributed by atoms with Gasteiger partial charge in [0.25, 0.3) is 5.91 Å². The minimum absolute atomic E-state index is 0.0613. The summed E-state index contributed by atoms with van der Waals surface area (Å²) < 4.78 is 0. The van der Waals surface area contributed by atoms with Crippen molar-refractivity contribution in [1.29, 1.82) is 0 Å². The molecule has 0 radical (unpaired) electrons. The largest absolute Gasteiger partial charge is 0.345 e. The van der Waals surface area contributed by atoms with Gasteiger partial charge in [0.2, 0.25) is 0 Å². The van der Waals surface area contributed by atoms with E-state index in [4.69, 9.17) is 11.6 Å². The predicted molar refractivity (Wildman–Crippen MR) is 121 cm³/mol. The Morgan fingerprint density at radius 2 is 2.07 bits per heavy atom. The SMILES string of the molecule is C[C@@H](NC(=O)c1c(Cl)ccc2c1[C@@H]1C[C@@H]3NCCC[C@@H]3CN1CC2)c1ccccc1. The molecule has 2 aromatic rings. The second-order valence-corrected chi connectivity index (χ2v) is 9.47. The van der Waals surface area contributed by atoms with Gasteiger partial charge >= 0.3 is 0 Å². The van der Waals surface area contributed by atoms with E-state index in [9.17, 15) is 4.79 Å². The van der Waals surface area contributed by atoms with Gasteiger partial charge in [-0.25, -0.2) is 0 Å². The number of carbonyl (C=O) groups is 1. The summed E-state index contributed by atoms with van der Waals surface area (Å²) in [5.41, 5.74) is 4.23. The molecule has 5 heteroatoms. The standard InChI is InChI=1S/C25H30ClN3O/c1-16(17-6-3-2-4-7-17)28-25(30)24-20(26)10-9-18-11-13-29-15-19-8-5-12-27-21(19)14-22(29)23(18)24/h2-4,6-7,9-10,16,19,21-22,27H,5,8,11-15H2,1H3,(H,28,30)/t16-,19-,21+,22+/m1/s1. The number of fused-ring (bicyclic) bond motifs is 4. The zero-order valence-electron chi connectivity index (χ0n) is 17.5. The Morgan fingerprint density at radius 1 is 1.23 bits per heavy atom. The van der Waals surface area contributed by atoms with Crippen LogP contribution in [0.4, 0.5) is 0 Å². The van der Waals surface area contributed by atoms with Gasteiger partial charge in [0.15, 0.2) is 0 Å². The van der Waals surface area contributed by atoms with Crippen LogP contribution in [-0.2, 0) is 6.42 Å². The normalized spacial score (nSPS) is 26.8. The zero-order valence-corrected chi connectivity index (χ0v) is 18.3. The van der Waals surface area contributed by atoms with Gasteiger partial charge in [-0.05, 0) is 67.8 Å². The van der Waals surface area contributed by atoms with Crippen LogP contribution >= 0.6 is 11.6 Å². The second-order valence-electron chi connectivity index (χ2n) is 9.06. The molecule has 0 saturated carbocycles. The van der Waals surface area contributed by atoms with Gasteiger partial charge in [0.05, 0.1) is 16.6 Å². The minimum atomic E-state index is -0.0685. The number of benzene rings is 2. The summed E-state index contributed by atoms with van der Waals surface area (Å²) in [4.78, 5) is 16.1. The van der Waals surface area contributed by atoms with Crippen LogP contribution in [0.25, 0.3) is 0 Å². The monoisotopic (exact) mass is 423 g/mol. The Bertz CT molecular complexity index is 931. The molecule has 3 aliphatic rings. The number of hydrogen-bond acceptors (Lipinski definition) is 3. The maximum absolute atomic E-state index is 13.4. The van der Waals surface area contributed by atoms with Gasteiger partial charge in [-0.1, -0.05) is 48.0 Å². The molecular formula is C25H30ClN3O. The van der Waals surface area contributed by atoms with Crippen LogP contribution in [0.2, 0.25) is 5.02 Å². The summed E-state index contributed by atoms with van der Waals surface area (Å²) in [5.74, 6) is 0.667. The Morgan fingerprint density at radius 3 is 2.90 bits per heavy atom. The molecule has 2 N–H and O–H groups in total. The Balaban J connectivity index is 1.46. The van der Waals surface area contributed by atoms with E-state index in [-0.39, 0.29) is 18.0 Å². The van der Waals surface area contributed by atoms with Crippen molar-refractivity contribution in [2.45, 2.75) is 50.7 Å². The van der Waals surface area contributed by atoms with Crippen molar-refractivity contribution in [2.24, 2.45) is 5.92 Å². The van der Waals surface area contributed by atoms with Crippen molar-refractivity contribution >= 4 is 17.5 Å². The molecule has 5 rings (SSSR count). The van der Waals surface area contributed by atoms with E-state index in [0.29, 0.717) is 16.6 Å². The third-order valence-electron chi connectivity index (χ3n) is 7.28. The van der Waals surface area contributed by atoms with E-state index in [1.165, 1.54) is 18.4 Å². The van der Waals surface area contributed by atoms with E-state index in [1.54, 1.807) is 0 Å². The molecule has 4 nitrogen and oxygen atoms in total. The first-order valence-electron chi connectivity index (χ1n) is 11.3. The van der Waals surface area contributed by atoms with Gasteiger partial charge < -0.3 is 10.6 Å². The fourth-order valence-electron chi connectivity index (χ4n) is 5.70. The lowest BCUT2D eigenvalue weighted by molar-refractivity contribution is 0.0543. The molecule has 0 aromatic heterocycles. The van der Waals surface area contributed by atoms with Crippen LogP contribution in [0, 0.1) is 5.92 Å². The fourth-order valence-corrected chi connectivity index (χ4v) is 5.95. The molecule has 2 saturated heterocycles. The zero-order chi connectivity index (χ0) is 20.7. The summed E-state index contributed by atoms with van der Waals surface area (Å²) >= 11 is 6.66. The highest BCUT2D eigenvalue weighted by Crippen LogP contribution is 2.43. The molecule has 0 spiro atoms. The van der Waals surface area contributed by atoms with Gasteiger partial charge in [0, 0.05) is 25.2 Å². The topological polar surface area (TPSA) is 44.4 Å². The number of halogens is 1. The third kappa shape index (κ3) is 3.66. The molecule has 3 heterocycles. The maximum atomic E-state index is 13.4.